The van der Waals surface area contributed by atoms with E-state index in [1.54, 1.807) is 59.4 Å². The van der Waals surface area contributed by atoms with Crippen molar-refractivity contribution in [2.75, 3.05) is 4.90 Å². The van der Waals surface area contributed by atoms with Crippen LogP contribution in [0.3, 0.4) is 0 Å². The Kier molecular flexibility index (Phi) is 6.82. The van der Waals surface area contributed by atoms with Crippen LogP contribution in [0.15, 0.2) is 67.0 Å². The maximum atomic E-state index is 14.1. The highest BCUT2D eigenvalue weighted by molar-refractivity contribution is 6.53. The number of amides is 2. The quantitative estimate of drug-likeness (QED) is 0.250. The van der Waals surface area contributed by atoms with Crippen molar-refractivity contribution in [1.82, 2.24) is 9.78 Å². The number of imide groups is 1. The number of carbonyl (C=O) groups excluding carboxylic acids is 2. The van der Waals surface area contributed by atoms with Crippen molar-refractivity contribution in [3.63, 3.8) is 0 Å². The lowest BCUT2D eigenvalue weighted by atomic mass is 10.0. The Morgan fingerprint density at radius 1 is 0.921 bits per heavy atom. The van der Waals surface area contributed by atoms with Crippen molar-refractivity contribution in [3.05, 3.63) is 99.4 Å². The van der Waals surface area contributed by atoms with Crippen LogP contribution in [0.25, 0.3) is 17.0 Å². The molecule has 7 nitrogen and oxygen atoms in total. The molecule has 0 bridgehead atoms. The maximum absolute atomic E-state index is 14.1. The molecule has 1 aliphatic rings. The Hall–Kier alpha value is -3.94. The Balaban J connectivity index is 1.79. The monoisotopic (exact) mass is 546 g/mol. The third kappa shape index (κ3) is 4.38. The first kappa shape index (κ1) is 25.7. The molecule has 0 atom stereocenters. The summed E-state index contributed by atoms with van der Waals surface area (Å²) in [5.74, 6) is -1.61. The van der Waals surface area contributed by atoms with E-state index in [2.05, 4.69) is 5.10 Å². The first-order valence-corrected chi connectivity index (χ1v) is 12.9. The van der Waals surface area contributed by atoms with Crippen LogP contribution >= 0.6 is 23.2 Å². The number of hydrogen-bond acceptors (Lipinski definition) is 4. The number of halogens is 2. The van der Waals surface area contributed by atoms with Crippen molar-refractivity contribution >= 4 is 52.0 Å². The Labute approximate surface area is 230 Å². The van der Waals surface area contributed by atoms with Gasteiger partial charge in [0.2, 0.25) is 0 Å². The molecule has 2 aromatic carbocycles. The molecule has 2 aromatic heterocycles. The first-order chi connectivity index (χ1) is 18.2. The maximum Gasteiger partial charge on any atom is 0.331 e. The molecule has 0 aliphatic carbocycles. The molecule has 3 heterocycles. The van der Waals surface area contributed by atoms with Crippen LogP contribution in [-0.4, -0.2) is 21.6 Å². The molecule has 2 amide bonds. The van der Waals surface area contributed by atoms with Gasteiger partial charge >= 0.3 is 5.91 Å². The van der Waals surface area contributed by atoms with E-state index < -0.39 is 17.7 Å². The van der Waals surface area contributed by atoms with Crippen molar-refractivity contribution < 1.29 is 19.3 Å². The van der Waals surface area contributed by atoms with Gasteiger partial charge in [-0.25, -0.2) is 9.58 Å². The lowest BCUT2D eigenvalue weighted by molar-refractivity contribution is -0.577. The first-order valence-electron chi connectivity index (χ1n) is 12.1. The molecule has 0 saturated carbocycles. The number of rotatable bonds is 6. The Morgan fingerprint density at radius 2 is 1.68 bits per heavy atom. The molecule has 0 N–H and O–H groups in total. The summed E-state index contributed by atoms with van der Waals surface area (Å²) in [6.45, 7) is 5.73. The molecular weight excluding hydrogens is 523 g/mol. The summed E-state index contributed by atoms with van der Waals surface area (Å²) in [6, 6.07) is 15.6. The van der Waals surface area contributed by atoms with Gasteiger partial charge in [-0.1, -0.05) is 48.7 Å². The molecular formula is C29H24Cl2N4O3. The van der Waals surface area contributed by atoms with Crippen LogP contribution < -0.4 is 14.6 Å². The van der Waals surface area contributed by atoms with Crippen LogP contribution in [0.2, 0.25) is 10.0 Å². The highest BCUT2D eigenvalue weighted by Gasteiger charge is 2.47. The summed E-state index contributed by atoms with van der Waals surface area (Å²) in [6.07, 6.45) is 4.56. The topological polar surface area (TPSA) is 82.1 Å². The van der Waals surface area contributed by atoms with Gasteiger partial charge in [0.25, 0.3) is 11.6 Å². The summed E-state index contributed by atoms with van der Waals surface area (Å²) in [4.78, 5) is 29.1. The second-order valence-corrected chi connectivity index (χ2v) is 10.00. The van der Waals surface area contributed by atoms with Crippen LogP contribution in [0.1, 0.15) is 35.7 Å². The molecule has 0 radical (unpaired) electrons. The Bertz CT molecular complexity index is 1640. The molecule has 5 rings (SSSR count). The molecule has 192 valence electrons. The lowest BCUT2D eigenvalue weighted by Crippen LogP contribution is -2.39. The van der Waals surface area contributed by atoms with Crippen LogP contribution in [0, 0.1) is 13.8 Å². The standard InChI is InChI=1S/C29H24Cl2N4O3/c1-4-7-23-24(28(37)35(32-23)20-11-12-21(30)22(31)15-20)25-26(33-13-6-9-18(3)16-33)29(38)34(27(25)36)19-10-5-8-17(2)14-19/h5-6,8-16H,4,7H2,1-3H3. The second kappa shape index (κ2) is 10.1. The van der Waals surface area contributed by atoms with Gasteiger partial charge in [0.15, 0.2) is 12.4 Å². The van der Waals surface area contributed by atoms with Gasteiger partial charge in [0.1, 0.15) is 5.57 Å². The molecule has 38 heavy (non-hydrogen) atoms. The average molecular weight is 547 g/mol. The molecule has 9 heteroatoms. The summed E-state index contributed by atoms with van der Waals surface area (Å²) < 4.78 is 2.81. The number of benzene rings is 2. The summed E-state index contributed by atoms with van der Waals surface area (Å²) >= 11 is 12.3. The number of hydrogen-bond donors (Lipinski definition) is 0. The number of carbonyl (C=O) groups is 2. The lowest BCUT2D eigenvalue weighted by Gasteiger charge is -2.16. The number of aromatic nitrogens is 3. The minimum Gasteiger partial charge on any atom is -0.858 e. The molecule has 0 saturated heterocycles. The number of anilines is 1. The SMILES string of the molecule is CCCc1nn(-c2ccc(Cl)c(Cl)c2)c([O-])c1C1=C([n+]2cccc(C)c2)C(=O)N(c2cccc(C)c2)C1=O. The van der Waals surface area contributed by atoms with E-state index in [0.717, 1.165) is 16.0 Å². The molecule has 0 fully saturated rings. The fraction of sp³-hybridized carbons (Fsp3) is 0.172. The number of nitrogens with zero attached hydrogens (tertiary/aromatic N) is 4. The largest absolute Gasteiger partial charge is 0.858 e. The fourth-order valence-electron chi connectivity index (χ4n) is 4.62. The minimum atomic E-state index is -0.576. The van der Waals surface area contributed by atoms with Gasteiger partial charge in [-0.2, -0.15) is 9.67 Å². The second-order valence-electron chi connectivity index (χ2n) is 9.18. The Morgan fingerprint density at radius 3 is 2.37 bits per heavy atom. The number of aryl methyl sites for hydroxylation is 3. The smallest absolute Gasteiger partial charge is 0.331 e. The van der Waals surface area contributed by atoms with Crippen molar-refractivity contribution in [3.8, 4) is 11.6 Å². The third-order valence-corrected chi connectivity index (χ3v) is 7.07. The molecule has 1 aliphatic heterocycles. The normalized spacial score (nSPS) is 13.7. The van der Waals surface area contributed by atoms with E-state index >= 15 is 0 Å². The minimum absolute atomic E-state index is 0.0202. The van der Waals surface area contributed by atoms with Gasteiger partial charge in [0.05, 0.1) is 27.1 Å². The molecule has 0 unspecified atom stereocenters. The summed E-state index contributed by atoms with van der Waals surface area (Å²) in [5, 5.41) is 19.1. The van der Waals surface area contributed by atoms with E-state index in [1.807, 2.05) is 32.9 Å². The average Bonchev–Trinajstić information content (AvgIpc) is 3.32. The zero-order chi connectivity index (χ0) is 27.1. The van der Waals surface area contributed by atoms with E-state index in [9.17, 15) is 14.7 Å². The number of pyridine rings is 1. The van der Waals surface area contributed by atoms with Gasteiger partial charge in [-0.15, -0.1) is 0 Å². The summed E-state index contributed by atoms with van der Waals surface area (Å²) in [5.41, 5.74) is 3.27. The van der Waals surface area contributed by atoms with E-state index in [0.29, 0.717) is 34.9 Å². The van der Waals surface area contributed by atoms with Crippen LogP contribution in [0.4, 0.5) is 5.69 Å². The van der Waals surface area contributed by atoms with E-state index in [-0.39, 0.29) is 21.9 Å². The van der Waals surface area contributed by atoms with Gasteiger partial charge < -0.3 is 5.11 Å². The third-order valence-electron chi connectivity index (χ3n) is 6.33. The predicted molar refractivity (Wildman–Crippen MR) is 145 cm³/mol. The van der Waals surface area contributed by atoms with Crippen LogP contribution in [-0.2, 0) is 16.0 Å². The molecule has 0 spiro atoms. The van der Waals surface area contributed by atoms with Gasteiger partial charge in [-0.3, -0.25) is 9.59 Å². The highest BCUT2D eigenvalue weighted by Crippen LogP contribution is 2.39. The zero-order valence-electron chi connectivity index (χ0n) is 21.0. The molecule has 4 aromatic rings. The predicted octanol–water partition coefficient (Wildman–Crippen LogP) is 5.05. The highest BCUT2D eigenvalue weighted by atomic mass is 35.5. The zero-order valence-corrected chi connectivity index (χ0v) is 22.5. The van der Waals surface area contributed by atoms with Crippen molar-refractivity contribution in [2.24, 2.45) is 0 Å². The van der Waals surface area contributed by atoms with Crippen molar-refractivity contribution in [1.29, 1.82) is 0 Å². The van der Waals surface area contributed by atoms with Gasteiger partial charge in [0, 0.05) is 17.2 Å². The van der Waals surface area contributed by atoms with E-state index in [4.69, 9.17) is 23.2 Å². The van der Waals surface area contributed by atoms with Gasteiger partial charge in [-0.05, 0) is 68.1 Å². The van der Waals surface area contributed by atoms with Crippen molar-refractivity contribution in [2.45, 2.75) is 33.6 Å². The summed E-state index contributed by atoms with van der Waals surface area (Å²) in [7, 11) is 0. The fourth-order valence-corrected chi connectivity index (χ4v) is 4.91. The van der Waals surface area contributed by atoms with E-state index in [1.165, 1.54) is 4.68 Å². The van der Waals surface area contributed by atoms with Crippen LogP contribution in [0.5, 0.6) is 5.88 Å².